The number of hydrogen-bond acceptors (Lipinski definition) is 2. The second-order valence-electron chi connectivity index (χ2n) is 3.61. The van der Waals surface area contributed by atoms with E-state index in [1.807, 2.05) is 30.4 Å². The third-order valence-electron chi connectivity index (χ3n) is 2.53. The van der Waals surface area contributed by atoms with E-state index in [2.05, 4.69) is 17.4 Å². The fraction of sp³-hybridized carbons (Fsp3) is 0.333. The molecule has 1 aromatic carbocycles. The summed E-state index contributed by atoms with van der Waals surface area (Å²) in [4.78, 5) is 0. The fourth-order valence-electron chi connectivity index (χ4n) is 1.69. The first-order valence-electron chi connectivity index (χ1n) is 5.01. The van der Waals surface area contributed by atoms with Gasteiger partial charge in [0.2, 0.25) is 0 Å². The van der Waals surface area contributed by atoms with Gasteiger partial charge in [0.1, 0.15) is 0 Å². The minimum Gasteiger partial charge on any atom is -0.391 e. The maximum absolute atomic E-state index is 9.55. The molecule has 2 N–H and O–H groups in total. The highest BCUT2D eigenvalue weighted by Crippen LogP contribution is 2.10. The van der Waals surface area contributed by atoms with Gasteiger partial charge in [-0.2, -0.15) is 0 Å². The first-order valence-corrected chi connectivity index (χ1v) is 5.01. The Balaban J connectivity index is 2.00. The van der Waals surface area contributed by atoms with E-state index in [9.17, 15) is 5.11 Å². The molecule has 0 saturated carbocycles. The molecule has 74 valence electrons. The number of nitrogens with one attached hydrogen (secondary N) is 1. The highest BCUT2D eigenvalue weighted by molar-refractivity contribution is 5.49. The SMILES string of the molecule is OC1CCNC1C=Cc1ccccc1. The van der Waals surface area contributed by atoms with Gasteiger partial charge >= 0.3 is 0 Å². The summed E-state index contributed by atoms with van der Waals surface area (Å²) in [5.74, 6) is 0. The third-order valence-corrected chi connectivity index (χ3v) is 2.53. The number of benzene rings is 1. The van der Waals surface area contributed by atoms with E-state index < -0.39 is 0 Å². The second-order valence-corrected chi connectivity index (χ2v) is 3.61. The minimum absolute atomic E-state index is 0.121. The first-order chi connectivity index (χ1) is 6.86. The molecule has 2 atom stereocenters. The minimum atomic E-state index is -0.227. The zero-order chi connectivity index (χ0) is 9.80. The van der Waals surface area contributed by atoms with Gasteiger partial charge in [0.05, 0.1) is 12.1 Å². The monoisotopic (exact) mass is 189 g/mol. The Hall–Kier alpha value is -1.12. The van der Waals surface area contributed by atoms with Crippen LogP contribution in [0.3, 0.4) is 0 Å². The molecule has 1 aliphatic rings. The summed E-state index contributed by atoms with van der Waals surface area (Å²) < 4.78 is 0. The lowest BCUT2D eigenvalue weighted by Crippen LogP contribution is -2.27. The Morgan fingerprint density at radius 3 is 2.71 bits per heavy atom. The highest BCUT2D eigenvalue weighted by atomic mass is 16.3. The average molecular weight is 189 g/mol. The van der Waals surface area contributed by atoms with Gasteiger partial charge in [0, 0.05) is 0 Å². The van der Waals surface area contributed by atoms with E-state index in [-0.39, 0.29) is 12.1 Å². The van der Waals surface area contributed by atoms with Gasteiger partial charge in [0.15, 0.2) is 0 Å². The zero-order valence-electron chi connectivity index (χ0n) is 8.06. The van der Waals surface area contributed by atoms with E-state index in [0.717, 1.165) is 13.0 Å². The van der Waals surface area contributed by atoms with Crippen molar-refractivity contribution in [3.63, 3.8) is 0 Å². The largest absolute Gasteiger partial charge is 0.391 e. The predicted octanol–water partition coefficient (Wildman–Crippen LogP) is 1.42. The Morgan fingerprint density at radius 1 is 1.29 bits per heavy atom. The molecule has 0 aliphatic carbocycles. The molecule has 2 nitrogen and oxygen atoms in total. The summed E-state index contributed by atoms with van der Waals surface area (Å²) in [5.41, 5.74) is 1.17. The predicted molar refractivity (Wildman–Crippen MR) is 57.9 cm³/mol. The van der Waals surface area contributed by atoms with Gasteiger partial charge in [-0.15, -0.1) is 0 Å². The maximum Gasteiger partial charge on any atom is 0.0741 e. The van der Waals surface area contributed by atoms with Crippen molar-refractivity contribution in [1.82, 2.24) is 5.32 Å². The number of aliphatic hydroxyl groups is 1. The van der Waals surface area contributed by atoms with Gasteiger partial charge in [0.25, 0.3) is 0 Å². The van der Waals surface area contributed by atoms with Crippen LogP contribution in [0.15, 0.2) is 36.4 Å². The highest BCUT2D eigenvalue weighted by Gasteiger charge is 2.21. The van der Waals surface area contributed by atoms with Crippen LogP contribution in [0.1, 0.15) is 12.0 Å². The van der Waals surface area contributed by atoms with Crippen LogP contribution in [-0.2, 0) is 0 Å². The van der Waals surface area contributed by atoms with Gasteiger partial charge in [-0.25, -0.2) is 0 Å². The van der Waals surface area contributed by atoms with Crippen molar-refractivity contribution in [1.29, 1.82) is 0 Å². The van der Waals surface area contributed by atoms with Gasteiger partial charge in [-0.1, -0.05) is 42.5 Å². The normalized spacial score (nSPS) is 27.2. The van der Waals surface area contributed by atoms with Crippen LogP contribution in [0.2, 0.25) is 0 Å². The molecular formula is C12H15NO. The smallest absolute Gasteiger partial charge is 0.0741 e. The van der Waals surface area contributed by atoms with Crippen molar-refractivity contribution in [2.24, 2.45) is 0 Å². The van der Waals surface area contributed by atoms with Crippen molar-refractivity contribution in [3.8, 4) is 0 Å². The number of hydrogen-bond donors (Lipinski definition) is 2. The van der Waals surface area contributed by atoms with Crippen LogP contribution in [0, 0.1) is 0 Å². The molecule has 1 saturated heterocycles. The second kappa shape index (κ2) is 4.40. The summed E-state index contributed by atoms with van der Waals surface area (Å²) in [6.45, 7) is 0.908. The molecule has 2 heteroatoms. The van der Waals surface area contributed by atoms with Crippen molar-refractivity contribution in [3.05, 3.63) is 42.0 Å². The van der Waals surface area contributed by atoms with E-state index >= 15 is 0 Å². The standard InChI is InChI=1S/C12H15NO/c14-12-8-9-13-11(12)7-6-10-4-2-1-3-5-10/h1-7,11-14H,8-9H2. The molecule has 1 aromatic rings. The average Bonchev–Trinajstić information content (AvgIpc) is 2.63. The molecule has 0 aromatic heterocycles. The lowest BCUT2D eigenvalue weighted by atomic mass is 10.1. The molecule has 2 rings (SSSR count). The Morgan fingerprint density at radius 2 is 2.07 bits per heavy atom. The van der Waals surface area contributed by atoms with Gasteiger partial charge in [-0.3, -0.25) is 0 Å². The topological polar surface area (TPSA) is 32.3 Å². The summed E-state index contributed by atoms with van der Waals surface area (Å²) >= 11 is 0. The van der Waals surface area contributed by atoms with Crippen LogP contribution in [0.5, 0.6) is 0 Å². The van der Waals surface area contributed by atoms with E-state index in [1.54, 1.807) is 0 Å². The summed E-state index contributed by atoms with van der Waals surface area (Å²) in [6.07, 6.45) is 4.71. The van der Waals surface area contributed by atoms with Gasteiger partial charge in [-0.05, 0) is 18.5 Å². The van der Waals surface area contributed by atoms with Crippen molar-refractivity contribution in [2.45, 2.75) is 18.6 Å². The number of aliphatic hydroxyl groups excluding tert-OH is 1. The Kier molecular flexibility index (Phi) is 2.96. The molecule has 1 heterocycles. The molecular weight excluding hydrogens is 174 g/mol. The maximum atomic E-state index is 9.55. The van der Waals surface area contributed by atoms with Gasteiger partial charge < -0.3 is 10.4 Å². The Labute approximate surface area is 84.3 Å². The zero-order valence-corrected chi connectivity index (χ0v) is 8.06. The van der Waals surface area contributed by atoms with Crippen LogP contribution in [0.4, 0.5) is 0 Å². The van der Waals surface area contributed by atoms with Crippen LogP contribution in [0.25, 0.3) is 6.08 Å². The summed E-state index contributed by atoms with van der Waals surface area (Å²) in [7, 11) is 0. The third kappa shape index (κ3) is 2.22. The fourth-order valence-corrected chi connectivity index (χ4v) is 1.69. The molecule has 0 spiro atoms. The first kappa shape index (κ1) is 9.44. The van der Waals surface area contributed by atoms with Crippen LogP contribution < -0.4 is 5.32 Å². The molecule has 1 aliphatic heterocycles. The molecule has 14 heavy (non-hydrogen) atoms. The Bertz CT molecular complexity index is 307. The van der Waals surface area contributed by atoms with E-state index in [0.29, 0.717) is 0 Å². The van der Waals surface area contributed by atoms with E-state index in [4.69, 9.17) is 0 Å². The summed E-state index contributed by atoms with van der Waals surface area (Å²) in [5, 5.41) is 12.8. The molecule has 0 amide bonds. The summed E-state index contributed by atoms with van der Waals surface area (Å²) in [6, 6.07) is 10.3. The van der Waals surface area contributed by atoms with Crippen molar-refractivity contribution >= 4 is 6.08 Å². The van der Waals surface area contributed by atoms with Crippen LogP contribution in [-0.4, -0.2) is 23.8 Å². The molecule has 0 bridgehead atoms. The van der Waals surface area contributed by atoms with Crippen molar-refractivity contribution < 1.29 is 5.11 Å². The molecule has 0 radical (unpaired) electrons. The van der Waals surface area contributed by atoms with E-state index in [1.165, 1.54) is 5.56 Å². The lowest BCUT2D eigenvalue weighted by molar-refractivity contribution is 0.175. The van der Waals surface area contributed by atoms with Crippen LogP contribution >= 0.6 is 0 Å². The molecule has 1 fully saturated rings. The van der Waals surface area contributed by atoms with Crippen molar-refractivity contribution in [2.75, 3.05) is 6.54 Å². The quantitative estimate of drug-likeness (QED) is 0.737. The number of rotatable bonds is 2. The lowest BCUT2D eigenvalue weighted by Gasteiger charge is -2.08. The molecule has 2 unspecified atom stereocenters.